The minimum Gasteiger partial charge on any atom is -0.322 e. The summed E-state index contributed by atoms with van der Waals surface area (Å²) in [5, 5.41) is 6.00. The van der Waals surface area contributed by atoms with Crippen LogP contribution in [-0.2, 0) is 22.7 Å². The number of rotatable bonds is 6. The molecule has 2 unspecified atom stereocenters. The lowest BCUT2D eigenvalue weighted by atomic mass is 9.94. The van der Waals surface area contributed by atoms with Gasteiger partial charge in [-0.15, -0.1) is 0 Å². The smallest absolute Gasteiger partial charge is 0.255 e. The summed E-state index contributed by atoms with van der Waals surface area (Å²) in [5.74, 6) is -0.700. The molecular formula is C25H34N4O3. The van der Waals surface area contributed by atoms with Gasteiger partial charge in [0.1, 0.15) is 6.04 Å². The van der Waals surface area contributed by atoms with Crippen molar-refractivity contribution >= 4 is 17.7 Å². The average Bonchev–Trinajstić information content (AvgIpc) is 3.41. The first-order valence-electron chi connectivity index (χ1n) is 12.3. The van der Waals surface area contributed by atoms with Gasteiger partial charge in [-0.05, 0) is 75.2 Å². The largest absolute Gasteiger partial charge is 0.322 e. The van der Waals surface area contributed by atoms with E-state index in [1.54, 1.807) is 4.90 Å². The average molecular weight is 439 g/mol. The highest BCUT2D eigenvalue weighted by Crippen LogP contribution is 2.30. The predicted octanol–water partition coefficient (Wildman–Crippen LogP) is 2.33. The molecule has 172 valence electrons. The van der Waals surface area contributed by atoms with Crippen LogP contribution in [0.1, 0.15) is 79.3 Å². The van der Waals surface area contributed by atoms with Gasteiger partial charge in [-0.2, -0.15) is 0 Å². The van der Waals surface area contributed by atoms with Crippen LogP contribution in [0.5, 0.6) is 0 Å². The van der Waals surface area contributed by atoms with E-state index < -0.39 is 6.04 Å². The van der Waals surface area contributed by atoms with Gasteiger partial charge < -0.3 is 10.2 Å². The van der Waals surface area contributed by atoms with E-state index in [4.69, 9.17) is 0 Å². The van der Waals surface area contributed by atoms with Gasteiger partial charge in [-0.25, -0.2) is 0 Å². The fourth-order valence-corrected chi connectivity index (χ4v) is 5.95. The zero-order chi connectivity index (χ0) is 22.1. The van der Waals surface area contributed by atoms with E-state index in [1.165, 1.54) is 57.1 Å². The highest BCUT2D eigenvalue weighted by Gasteiger charge is 2.39. The quantitative estimate of drug-likeness (QED) is 0.667. The monoisotopic (exact) mass is 438 g/mol. The topological polar surface area (TPSA) is 81.8 Å². The van der Waals surface area contributed by atoms with Crippen molar-refractivity contribution < 1.29 is 14.4 Å². The van der Waals surface area contributed by atoms with Gasteiger partial charge in [0, 0.05) is 37.2 Å². The summed E-state index contributed by atoms with van der Waals surface area (Å²) in [6.45, 7) is 3.68. The van der Waals surface area contributed by atoms with Crippen molar-refractivity contribution in [2.24, 2.45) is 0 Å². The van der Waals surface area contributed by atoms with Gasteiger partial charge in [0.15, 0.2) is 0 Å². The van der Waals surface area contributed by atoms with E-state index >= 15 is 0 Å². The molecule has 1 aromatic carbocycles. The van der Waals surface area contributed by atoms with E-state index in [2.05, 4.69) is 27.7 Å². The van der Waals surface area contributed by atoms with E-state index in [9.17, 15) is 14.4 Å². The van der Waals surface area contributed by atoms with Crippen molar-refractivity contribution in [3.63, 3.8) is 0 Å². The molecule has 3 atom stereocenters. The zero-order valence-corrected chi connectivity index (χ0v) is 18.8. The molecule has 7 heteroatoms. The van der Waals surface area contributed by atoms with Crippen LogP contribution in [0.2, 0.25) is 0 Å². The van der Waals surface area contributed by atoms with Crippen LogP contribution in [0, 0.1) is 0 Å². The Morgan fingerprint density at radius 2 is 1.91 bits per heavy atom. The fourth-order valence-electron chi connectivity index (χ4n) is 5.95. The van der Waals surface area contributed by atoms with Gasteiger partial charge in [-0.1, -0.05) is 18.6 Å². The number of carbonyl (C=O) groups is 3. The molecule has 7 nitrogen and oxygen atoms in total. The second-order valence-corrected chi connectivity index (χ2v) is 9.88. The van der Waals surface area contributed by atoms with Gasteiger partial charge in [0.05, 0.1) is 0 Å². The molecule has 0 spiro atoms. The van der Waals surface area contributed by atoms with Crippen molar-refractivity contribution in [3.8, 4) is 0 Å². The standard InChI is InChI=1S/C25H34N4O3/c30-23-11-10-22(24(31)27-23)29-16-18-14-17(6-9-21(18)25(29)32)15-28-13-2-1-5-20(28)8-7-19-4-3-12-26-19/h6,9,14,19-20,22,26H,1-5,7-8,10-13,15-16H2,(H,27,30,31)/t19-,20?,22?/m0/s1. The van der Waals surface area contributed by atoms with Crippen LogP contribution in [0.25, 0.3) is 0 Å². The Morgan fingerprint density at radius 3 is 2.72 bits per heavy atom. The van der Waals surface area contributed by atoms with Crippen molar-refractivity contribution in [2.45, 2.75) is 89.0 Å². The maximum Gasteiger partial charge on any atom is 0.255 e. The first-order chi connectivity index (χ1) is 15.6. The first-order valence-corrected chi connectivity index (χ1v) is 12.3. The molecule has 0 aromatic heterocycles. The lowest BCUT2D eigenvalue weighted by Crippen LogP contribution is -2.52. The maximum absolute atomic E-state index is 12.9. The number of hydrogen-bond acceptors (Lipinski definition) is 5. The van der Waals surface area contributed by atoms with Crippen LogP contribution in [0.4, 0.5) is 0 Å². The number of benzene rings is 1. The van der Waals surface area contributed by atoms with Crippen molar-refractivity contribution in [1.29, 1.82) is 0 Å². The third kappa shape index (κ3) is 4.46. The number of hydrogen-bond donors (Lipinski definition) is 2. The second kappa shape index (κ2) is 9.32. The van der Waals surface area contributed by atoms with E-state index in [-0.39, 0.29) is 24.1 Å². The number of fused-ring (bicyclic) bond motifs is 1. The Kier molecular flexibility index (Phi) is 6.28. The number of imide groups is 1. The van der Waals surface area contributed by atoms with Gasteiger partial charge in [0.2, 0.25) is 11.8 Å². The van der Waals surface area contributed by atoms with Crippen LogP contribution >= 0.6 is 0 Å². The van der Waals surface area contributed by atoms with Gasteiger partial charge in [0.25, 0.3) is 5.91 Å². The lowest BCUT2D eigenvalue weighted by Gasteiger charge is -2.36. The third-order valence-electron chi connectivity index (χ3n) is 7.73. The summed E-state index contributed by atoms with van der Waals surface area (Å²) in [6.07, 6.45) is 9.68. The van der Waals surface area contributed by atoms with E-state index in [0.717, 1.165) is 18.7 Å². The lowest BCUT2D eigenvalue weighted by molar-refractivity contribution is -0.136. The molecule has 3 saturated heterocycles. The van der Waals surface area contributed by atoms with Gasteiger partial charge >= 0.3 is 0 Å². The Hall–Kier alpha value is -2.25. The normalized spacial score (nSPS) is 28.8. The molecule has 32 heavy (non-hydrogen) atoms. The fraction of sp³-hybridized carbons (Fsp3) is 0.640. The minimum absolute atomic E-state index is 0.0963. The summed E-state index contributed by atoms with van der Waals surface area (Å²) < 4.78 is 0. The molecule has 4 aliphatic rings. The first kappa shape index (κ1) is 21.6. The van der Waals surface area contributed by atoms with Crippen molar-refractivity contribution in [3.05, 3.63) is 34.9 Å². The SMILES string of the molecule is O=C1CCC(N2Cc3cc(CN4CCCCC4CC[C@@H]4CCCN4)ccc3C2=O)C(=O)N1. The summed E-state index contributed by atoms with van der Waals surface area (Å²) >= 11 is 0. The van der Waals surface area contributed by atoms with Crippen LogP contribution in [0.3, 0.4) is 0 Å². The van der Waals surface area contributed by atoms with Crippen LogP contribution < -0.4 is 10.6 Å². The van der Waals surface area contributed by atoms with Crippen molar-refractivity contribution in [1.82, 2.24) is 20.4 Å². The molecule has 0 radical (unpaired) electrons. The number of likely N-dealkylation sites (tertiary alicyclic amines) is 1. The number of nitrogens with zero attached hydrogens (tertiary/aromatic N) is 2. The third-order valence-corrected chi connectivity index (χ3v) is 7.73. The maximum atomic E-state index is 12.9. The molecule has 0 aliphatic carbocycles. The van der Waals surface area contributed by atoms with E-state index in [1.807, 2.05) is 6.07 Å². The minimum atomic E-state index is -0.549. The number of piperidine rings is 2. The number of amides is 3. The molecule has 2 N–H and O–H groups in total. The van der Waals surface area contributed by atoms with Gasteiger partial charge in [-0.3, -0.25) is 24.6 Å². The van der Waals surface area contributed by atoms with Crippen LogP contribution in [-0.4, -0.2) is 58.7 Å². The summed E-state index contributed by atoms with van der Waals surface area (Å²) in [4.78, 5) is 40.9. The second-order valence-electron chi connectivity index (χ2n) is 9.88. The highest BCUT2D eigenvalue weighted by molar-refractivity contribution is 6.05. The zero-order valence-electron chi connectivity index (χ0n) is 18.8. The summed E-state index contributed by atoms with van der Waals surface area (Å²) in [6, 6.07) is 6.95. The molecule has 3 fully saturated rings. The molecule has 5 rings (SSSR count). The van der Waals surface area contributed by atoms with Crippen molar-refractivity contribution in [2.75, 3.05) is 13.1 Å². The molecule has 4 heterocycles. The van der Waals surface area contributed by atoms with E-state index in [0.29, 0.717) is 30.6 Å². The molecule has 4 aliphatic heterocycles. The molecule has 0 bridgehead atoms. The Bertz CT molecular complexity index is 895. The molecule has 1 aromatic rings. The Labute approximate surface area is 189 Å². The molecule has 0 saturated carbocycles. The molecule has 3 amide bonds. The van der Waals surface area contributed by atoms with Crippen LogP contribution in [0.15, 0.2) is 18.2 Å². The number of nitrogens with one attached hydrogen (secondary N) is 2. The Morgan fingerprint density at radius 1 is 1.00 bits per heavy atom. The summed E-state index contributed by atoms with van der Waals surface area (Å²) in [5.41, 5.74) is 2.94. The summed E-state index contributed by atoms with van der Waals surface area (Å²) in [7, 11) is 0. The molecular weight excluding hydrogens is 404 g/mol. The number of carbonyl (C=O) groups excluding carboxylic acids is 3. The highest BCUT2D eigenvalue weighted by atomic mass is 16.2. The Balaban J connectivity index is 1.24. The predicted molar refractivity (Wildman–Crippen MR) is 121 cm³/mol.